The molecule has 1 N–H and O–H groups in total. The van der Waals surface area contributed by atoms with Gasteiger partial charge in [0, 0.05) is 36.8 Å². The summed E-state index contributed by atoms with van der Waals surface area (Å²) in [6.07, 6.45) is 2.00. The van der Waals surface area contributed by atoms with Crippen LogP contribution in [-0.4, -0.2) is 26.4 Å². The zero-order valence-electron chi connectivity index (χ0n) is 11.9. The standard InChI is InChI=1S/C15H24ClNO2/c1-3-9-17-12-13-14(16)7-5-8-15(13)19-11-6-10-18-4-2/h5,7-8,17H,3-4,6,9-12H2,1-2H3. The molecule has 0 bridgehead atoms. The maximum atomic E-state index is 6.23. The minimum atomic E-state index is 0.654. The fraction of sp³-hybridized carbons (Fsp3) is 0.600. The Morgan fingerprint density at radius 1 is 1.21 bits per heavy atom. The van der Waals surface area contributed by atoms with E-state index in [0.717, 1.165) is 55.5 Å². The third-order valence-corrected chi connectivity index (χ3v) is 3.05. The van der Waals surface area contributed by atoms with E-state index in [0.29, 0.717) is 6.61 Å². The molecule has 0 amide bonds. The molecular formula is C15H24ClNO2. The van der Waals surface area contributed by atoms with E-state index >= 15 is 0 Å². The van der Waals surface area contributed by atoms with Crippen LogP contribution in [0.3, 0.4) is 0 Å². The molecule has 0 radical (unpaired) electrons. The molecule has 0 fully saturated rings. The fourth-order valence-corrected chi connectivity index (χ4v) is 1.96. The first-order valence-corrected chi connectivity index (χ1v) is 7.36. The maximum absolute atomic E-state index is 6.23. The van der Waals surface area contributed by atoms with E-state index in [9.17, 15) is 0 Å². The minimum Gasteiger partial charge on any atom is -0.493 e. The number of rotatable bonds is 10. The van der Waals surface area contributed by atoms with Crippen LogP contribution < -0.4 is 10.1 Å². The van der Waals surface area contributed by atoms with Crippen molar-refractivity contribution in [2.24, 2.45) is 0 Å². The van der Waals surface area contributed by atoms with E-state index in [-0.39, 0.29) is 0 Å². The van der Waals surface area contributed by atoms with Gasteiger partial charge < -0.3 is 14.8 Å². The monoisotopic (exact) mass is 285 g/mol. The molecule has 108 valence electrons. The van der Waals surface area contributed by atoms with E-state index in [1.807, 2.05) is 25.1 Å². The summed E-state index contributed by atoms with van der Waals surface area (Å²) in [5.41, 5.74) is 1.04. The van der Waals surface area contributed by atoms with Crippen LogP contribution in [0, 0.1) is 0 Å². The van der Waals surface area contributed by atoms with Crippen molar-refractivity contribution in [3.05, 3.63) is 28.8 Å². The number of hydrogen-bond donors (Lipinski definition) is 1. The molecule has 0 aliphatic carbocycles. The summed E-state index contributed by atoms with van der Waals surface area (Å²) in [7, 11) is 0. The number of nitrogens with one attached hydrogen (secondary N) is 1. The second kappa shape index (κ2) is 10.1. The average molecular weight is 286 g/mol. The highest BCUT2D eigenvalue weighted by Crippen LogP contribution is 2.26. The first-order chi connectivity index (χ1) is 9.29. The Bertz CT molecular complexity index is 358. The third-order valence-electron chi connectivity index (χ3n) is 2.70. The topological polar surface area (TPSA) is 30.5 Å². The Morgan fingerprint density at radius 3 is 2.79 bits per heavy atom. The molecule has 3 nitrogen and oxygen atoms in total. The predicted molar refractivity (Wildman–Crippen MR) is 80.1 cm³/mol. The molecule has 0 aromatic heterocycles. The summed E-state index contributed by atoms with van der Waals surface area (Å²) < 4.78 is 11.1. The Labute approximate surface area is 121 Å². The van der Waals surface area contributed by atoms with Crippen LogP contribution >= 0.6 is 11.6 Å². The highest BCUT2D eigenvalue weighted by Gasteiger charge is 2.07. The van der Waals surface area contributed by atoms with Crippen molar-refractivity contribution < 1.29 is 9.47 Å². The first-order valence-electron chi connectivity index (χ1n) is 6.98. The van der Waals surface area contributed by atoms with Crippen LogP contribution in [0.25, 0.3) is 0 Å². The molecule has 0 atom stereocenters. The summed E-state index contributed by atoms with van der Waals surface area (Å²) in [5.74, 6) is 0.868. The van der Waals surface area contributed by atoms with Gasteiger partial charge in [-0.15, -0.1) is 0 Å². The van der Waals surface area contributed by atoms with Crippen LogP contribution in [0.2, 0.25) is 5.02 Å². The minimum absolute atomic E-state index is 0.654. The Hall–Kier alpha value is -0.770. The van der Waals surface area contributed by atoms with E-state index in [1.54, 1.807) is 0 Å². The summed E-state index contributed by atoms with van der Waals surface area (Å²) in [4.78, 5) is 0. The van der Waals surface area contributed by atoms with Gasteiger partial charge in [0.15, 0.2) is 0 Å². The van der Waals surface area contributed by atoms with E-state index < -0.39 is 0 Å². The molecule has 0 spiro atoms. The second-order valence-electron chi connectivity index (χ2n) is 4.29. The van der Waals surface area contributed by atoms with Gasteiger partial charge in [-0.25, -0.2) is 0 Å². The number of hydrogen-bond acceptors (Lipinski definition) is 3. The molecule has 0 unspecified atom stereocenters. The molecule has 0 saturated heterocycles. The van der Waals surface area contributed by atoms with Crippen molar-refractivity contribution in [1.29, 1.82) is 0 Å². The first kappa shape index (κ1) is 16.3. The average Bonchev–Trinajstić information content (AvgIpc) is 2.41. The van der Waals surface area contributed by atoms with Crippen molar-refractivity contribution in [3.8, 4) is 5.75 Å². The van der Waals surface area contributed by atoms with Crippen molar-refractivity contribution in [3.63, 3.8) is 0 Å². The SMILES string of the molecule is CCCNCc1c(Cl)cccc1OCCCOCC. The van der Waals surface area contributed by atoms with E-state index in [1.165, 1.54) is 0 Å². The fourth-order valence-electron chi connectivity index (χ4n) is 1.72. The van der Waals surface area contributed by atoms with Gasteiger partial charge in [0.05, 0.1) is 6.61 Å². The highest BCUT2D eigenvalue weighted by molar-refractivity contribution is 6.31. The zero-order valence-corrected chi connectivity index (χ0v) is 12.6. The smallest absolute Gasteiger partial charge is 0.125 e. The molecule has 0 heterocycles. The predicted octanol–water partition coefficient (Wildman–Crippen LogP) is 3.65. The molecule has 1 aromatic carbocycles. The second-order valence-corrected chi connectivity index (χ2v) is 4.70. The molecule has 0 aliphatic heterocycles. The number of halogens is 1. The summed E-state index contributed by atoms with van der Waals surface area (Å²) in [6, 6.07) is 5.79. The number of ether oxygens (including phenoxy) is 2. The molecular weight excluding hydrogens is 262 g/mol. The zero-order chi connectivity index (χ0) is 13.9. The largest absolute Gasteiger partial charge is 0.493 e. The van der Waals surface area contributed by atoms with Crippen molar-refractivity contribution in [2.75, 3.05) is 26.4 Å². The van der Waals surface area contributed by atoms with Crippen molar-refractivity contribution in [2.45, 2.75) is 33.2 Å². The van der Waals surface area contributed by atoms with Gasteiger partial charge in [0.25, 0.3) is 0 Å². The van der Waals surface area contributed by atoms with Gasteiger partial charge in [-0.05, 0) is 32.0 Å². The molecule has 0 aliphatic rings. The Kier molecular flexibility index (Phi) is 8.63. The lowest BCUT2D eigenvalue weighted by Gasteiger charge is -2.13. The quantitative estimate of drug-likeness (QED) is 0.666. The molecule has 1 rings (SSSR count). The van der Waals surface area contributed by atoms with Gasteiger partial charge >= 0.3 is 0 Å². The lowest BCUT2D eigenvalue weighted by atomic mass is 10.2. The molecule has 0 saturated carbocycles. The van der Waals surface area contributed by atoms with Crippen LogP contribution in [-0.2, 0) is 11.3 Å². The van der Waals surface area contributed by atoms with Crippen molar-refractivity contribution in [1.82, 2.24) is 5.32 Å². The lowest BCUT2D eigenvalue weighted by Crippen LogP contribution is -2.15. The van der Waals surface area contributed by atoms with Gasteiger partial charge in [-0.2, -0.15) is 0 Å². The normalized spacial score (nSPS) is 10.7. The van der Waals surface area contributed by atoms with Crippen LogP contribution in [0.15, 0.2) is 18.2 Å². The summed E-state index contributed by atoms with van der Waals surface area (Å²) >= 11 is 6.23. The van der Waals surface area contributed by atoms with Crippen LogP contribution in [0.1, 0.15) is 32.3 Å². The van der Waals surface area contributed by atoms with Gasteiger partial charge in [-0.1, -0.05) is 24.6 Å². The third kappa shape index (κ3) is 6.28. The van der Waals surface area contributed by atoms with Gasteiger partial charge in [0.1, 0.15) is 5.75 Å². The van der Waals surface area contributed by atoms with Crippen LogP contribution in [0.5, 0.6) is 5.75 Å². The van der Waals surface area contributed by atoms with Crippen LogP contribution in [0.4, 0.5) is 0 Å². The van der Waals surface area contributed by atoms with E-state index in [4.69, 9.17) is 21.1 Å². The highest BCUT2D eigenvalue weighted by atomic mass is 35.5. The lowest BCUT2D eigenvalue weighted by molar-refractivity contribution is 0.130. The van der Waals surface area contributed by atoms with Crippen molar-refractivity contribution >= 4 is 11.6 Å². The summed E-state index contributed by atoms with van der Waals surface area (Å²) in [6.45, 7) is 8.01. The number of benzene rings is 1. The maximum Gasteiger partial charge on any atom is 0.125 e. The molecule has 4 heteroatoms. The molecule has 19 heavy (non-hydrogen) atoms. The summed E-state index contributed by atoms with van der Waals surface area (Å²) in [5, 5.41) is 4.11. The van der Waals surface area contributed by atoms with E-state index in [2.05, 4.69) is 12.2 Å². The van der Waals surface area contributed by atoms with Gasteiger partial charge in [0.2, 0.25) is 0 Å². The molecule has 1 aromatic rings. The Balaban J connectivity index is 2.48. The Morgan fingerprint density at radius 2 is 2.05 bits per heavy atom. The van der Waals surface area contributed by atoms with Gasteiger partial charge in [-0.3, -0.25) is 0 Å².